The molecule has 0 atom stereocenters. The zero-order valence-corrected chi connectivity index (χ0v) is 13.6. The molecule has 2 aromatic rings. The number of nitrogens with one attached hydrogen (secondary N) is 1. The maximum atomic E-state index is 12.5. The van der Waals surface area contributed by atoms with Gasteiger partial charge in [-0.05, 0) is 55.3 Å². The Hall–Kier alpha value is -2.05. The summed E-state index contributed by atoms with van der Waals surface area (Å²) in [6.45, 7) is 3.29. The van der Waals surface area contributed by atoms with E-state index >= 15 is 0 Å². The van der Waals surface area contributed by atoms with Crippen LogP contribution in [0.25, 0.3) is 0 Å². The number of amides is 1. The second-order valence-corrected chi connectivity index (χ2v) is 6.94. The summed E-state index contributed by atoms with van der Waals surface area (Å²) in [6, 6.07) is 9.21. The van der Waals surface area contributed by atoms with E-state index in [9.17, 15) is 13.2 Å². The van der Waals surface area contributed by atoms with Crippen LogP contribution in [0.15, 0.2) is 41.3 Å². The van der Waals surface area contributed by atoms with Crippen LogP contribution >= 0.6 is 11.6 Å². The number of aryl methyl sites for hydroxylation is 1. The Balaban J connectivity index is 2.46. The van der Waals surface area contributed by atoms with E-state index in [4.69, 9.17) is 17.3 Å². The molecule has 0 unspecified atom stereocenters. The minimum absolute atomic E-state index is 0.126. The van der Waals surface area contributed by atoms with E-state index in [0.717, 1.165) is 0 Å². The molecule has 0 aliphatic heterocycles. The summed E-state index contributed by atoms with van der Waals surface area (Å²) in [5, 5.41) is 0.461. The van der Waals surface area contributed by atoms with E-state index < -0.39 is 15.9 Å². The van der Waals surface area contributed by atoms with Crippen LogP contribution in [0.3, 0.4) is 0 Å². The number of nitrogens with two attached hydrogens (primary N) is 1. The molecule has 2 rings (SSSR count). The average Bonchev–Trinajstić information content (AvgIpc) is 2.40. The third kappa shape index (κ3) is 3.23. The monoisotopic (exact) mass is 338 g/mol. The van der Waals surface area contributed by atoms with Crippen molar-refractivity contribution in [3.63, 3.8) is 0 Å². The number of primary amides is 1. The first-order valence-electron chi connectivity index (χ1n) is 6.41. The Morgan fingerprint density at radius 2 is 1.86 bits per heavy atom. The van der Waals surface area contributed by atoms with Gasteiger partial charge in [0.25, 0.3) is 10.0 Å². The van der Waals surface area contributed by atoms with Crippen molar-refractivity contribution < 1.29 is 13.2 Å². The van der Waals surface area contributed by atoms with Crippen LogP contribution in [0.1, 0.15) is 21.5 Å². The quantitative estimate of drug-likeness (QED) is 0.898. The summed E-state index contributed by atoms with van der Waals surface area (Å²) in [6.07, 6.45) is 0. The van der Waals surface area contributed by atoms with Crippen LogP contribution in [-0.2, 0) is 10.0 Å². The fraction of sp³-hybridized carbons (Fsp3) is 0.133. The molecule has 0 saturated heterocycles. The zero-order valence-electron chi connectivity index (χ0n) is 12.1. The van der Waals surface area contributed by atoms with Crippen molar-refractivity contribution in [1.29, 1.82) is 0 Å². The van der Waals surface area contributed by atoms with Gasteiger partial charge in [0.15, 0.2) is 0 Å². The minimum Gasteiger partial charge on any atom is -0.366 e. The SMILES string of the molecule is Cc1cc(Cl)ccc1S(=O)(=O)Nc1cccc(C(N)=O)c1C. The van der Waals surface area contributed by atoms with Gasteiger partial charge in [-0.3, -0.25) is 9.52 Å². The summed E-state index contributed by atoms with van der Waals surface area (Å²) < 4.78 is 27.5. The summed E-state index contributed by atoms with van der Waals surface area (Å²) >= 11 is 5.84. The molecule has 7 heteroatoms. The Kier molecular flexibility index (Phi) is 4.44. The number of carbonyl (C=O) groups excluding carboxylic acids is 1. The number of benzene rings is 2. The first-order chi connectivity index (χ1) is 10.2. The van der Waals surface area contributed by atoms with Gasteiger partial charge < -0.3 is 5.73 Å². The topological polar surface area (TPSA) is 89.3 Å². The molecule has 0 aromatic heterocycles. The molecule has 22 heavy (non-hydrogen) atoms. The molecule has 2 aromatic carbocycles. The summed E-state index contributed by atoms with van der Waals surface area (Å²) in [7, 11) is -3.79. The van der Waals surface area contributed by atoms with Crippen molar-refractivity contribution in [3.05, 3.63) is 58.1 Å². The van der Waals surface area contributed by atoms with Gasteiger partial charge >= 0.3 is 0 Å². The number of carbonyl (C=O) groups is 1. The molecule has 116 valence electrons. The highest BCUT2D eigenvalue weighted by Gasteiger charge is 2.19. The second-order valence-electron chi connectivity index (χ2n) is 4.86. The lowest BCUT2D eigenvalue weighted by Gasteiger charge is -2.14. The van der Waals surface area contributed by atoms with Crippen molar-refractivity contribution in [2.75, 3.05) is 4.72 Å². The van der Waals surface area contributed by atoms with Gasteiger partial charge in [0, 0.05) is 10.6 Å². The molecule has 0 fully saturated rings. The first-order valence-corrected chi connectivity index (χ1v) is 8.27. The number of sulfonamides is 1. The molecular weight excluding hydrogens is 324 g/mol. The second kappa shape index (κ2) is 5.98. The molecule has 0 spiro atoms. The highest BCUT2D eigenvalue weighted by Crippen LogP contribution is 2.25. The van der Waals surface area contributed by atoms with Crippen molar-refractivity contribution in [1.82, 2.24) is 0 Å². The van der Waals surface area contributed by atoms with Gasteiger partial charge in [-0.2, -0.15) is 0 Å². The van der Waals surface area contributed by atoms with Crippen LogP contribution in [-0.4, -0.2) is 14.3 Å². The third-order valence-corrected chi connectivity index (χ3v) is 5.03. The summed E-state index contributed by atoms with van der Waals surface area (Å²) in [4.78, 5) is 11.5. The van der Waals surface area contributed by atoms with Crippen molar-refractivity contribution in [2.45, 2.75) is 18.7 Å². The third-order valence-electron chi connectivity index (χ3n) is 3.27. The number of hydrogen-bond acceptors (Lipinski definition) is 3. The standard InChI is InChI=1S/C15H15ClN2O3S/c1-9-8-11(16)6-7-14(9)22(20,21)18-13-5-3-4-12(10(13)2)15(17)19/h3-8,18H,1-2H3,(H2,17,19). The van der Waals surface area contributed by atoms with Crippen LogP contribution in [0.4, 0.5) is 5.69 Å². The largest absolute Gasteiger partial charge is 0.366 e. The Morgan fingerprint density at radius 3 is 2.45 bits per heavy atom. The molecule has 0 radical (unpaired) electrons. The van der Waals surface area contributed by atoms with Gasteiger partial charge in [-0.25, -0.2) is 8.42 Å². The smallest absolute Gasteiger partial charge is 0.262 e. The van der Waals surface area contributed by atoms with E-state index in [2.05, 4.69) is 4.72 Å². The molecule has 5 nitrogen and oxygen atoms in total. The molecule has 0 heterocycles. The fourth-order valence-corrected chi connectivity index (χ4v) is 3.70. The number of anilines is 1. The Bertz CT molecular complexity index is 848. The van der Waals surface area contributed by atoms with Crippen molar-refractivity contribution in [2.24, 2.45) is 5.73 Å². The summed E-state index contributed by atoms with van der Waals surface area (Å²) in [5.41, 5.74) is 6.86. The number of rotatable bonds is 4. The highest BCUT2D eigenvalue weighted by atomic mass is 35.5. The maximum absolute atomic E-state index is 12.5. The van der Waals surface area contributed by atoms with E-state index in [-0.39, 0.29) is 10.5 Å². The Labute approximate surface area is 134 Å². The first kappa shape index (κ1) is 16.3. The fourth-order valence-electron chi connectivity index (χ4n) is 2.13. The molecular formula is C15H15ClN2O3S. The molecule has 1 amide bonds. The molecule has 3 N–H and O–H groups in total. The molecule has 0 saturated carbocycles. The van der Waals surface area contributed by atoms with Crippen LogP contribution < -0.4 is 10.5 Å². The van der Waals surface area contributed by atoms with E-state index in [1.165, 1.54) is 12.1 Å². The lowest BCUT2D eigenvalue weighted by Crippen LogP contribution is -2.17. The summed E-state index contributed by atoms with van der Waals surface area (Å²) in [5.74, 6) is -0.610. The van der Waals surface area contributed by atoms with Crippen LogP contribution in [0, 0.1) is 13.8 Å². The minimum atomic E-state index is -3.79. The normalized spacial score (nSPS) is 11.2. The number of halogens is 1. The Morgan fingerprint density at radius 1 is 1.18 bits per heavy atom. The van der Waals surface area contributed by atoms with Gasteiger partial charge in [0.05, 0.1) is 10.6 Å². The van der Waals surface area contributed by atoms with Crippen LogP contribution in [0.5, 0.6) is 0 Å². The van der Waals surface area contributed by atoms with Crippen molar-refractivity contribution >= 4 is 33.2 Å². The van der Waals surface area contributed by atoms with Gasteiger partial charge in [-0.15, -0.1) is 0 Å². The zero-order chi connectivity index (χ0) is 16.5. The van der Waals surface area contributed by atoms with Crippen LogP contribution in [0.2, 0.25) is 5.02 Å². The predicted octanol–water partition coefficient (Wildman–Crippen LogP) is 2.86. The lowest BCUT2D eigenvalue weighted by molar-refractivity contribution is 0.0999. The molecule has 0 bridgehead atoms. The predicted molar refractivity (Wildman–Crippen MR) is 86.7 cm³/mol. The maximum Gasteiger partial charge on any atom is 0.262 e. The number of hydrogen-bond donors (Lipinski definition) is 2. The highest BCUT2D eigenvalue weighted by molar-refractivity contribution is 7.92. The van der Waals surface area contributed by atoms with E-state index in [1.807, 2.05) is 0 Å². The molecule has 0 aliphatic carbocycles. The lowest BCUT2D eigenvalue weighted by atomic mass is 10.1. The van der Waals surface area contributed by atoms with Crippen molar-refractivity contribution in [3.8, 4) is 0 Å². The van der Waals surface area contributed by atoms with E-state index in [0.29, 0.717) is 21.8 Å². The van der Waals surface area contributed by atoms with E-state index in [1.54, 1.807) is 38.1 Å². The van der Waals surface area contributed by atoms with Gasteiger partial charge in [0.1, 0.15) is 0 Å². The van der Waals surface area contributed by atoms with Gasteiger partial charge in [-0.1, -0.05) is 17.7 Å². The molecule has 0 aliphatic rings. The van der Waals surface area contributed by atoms with Gasteiger partial charge in [0.2, 0.25) is 5.91 Å². The average molecular weight is 339 g/mol.